The molecule has 8 heteroatoms. The normalized spacial score (nSPS) is 18.6. The third-order valence-corrected chi connectivity index (χ3v) is 6.18. The maximum atomic E-state index is 13.3. The number of carbonyl (C=O) groups is 2. The van der Waals surface area contributed by atoms with E-state index in [0.717, 1.165) is 16.8 Å². The SMILES string of the molecule is CN(C)c1ccc(C2/C(=C(\O)c3ccc4c(c3)OCCO4)C(=O)C(=O)N2Cc2ccncc2)cc1. The Labute approximate surface area is 203 Å². The van der Waals surface area contributed by atoms with Gasteiger partial charge in [-0.1, -0.05) is 12.1 Å². The summed E-state index contributed by atoms with van der Waals surface area (Å²) in [6.45, 7) is 1.04. The monoisotopic (exact) mass is 471 g/mol. The highest BCUT2D eigenvalue weighted by atomic mass is 16.6. The van der Waals surface area contributed by atoms with Gasteiger partial charge in [0.05, 0.1) is 11.6 Å². The first-order chi connectivity index (χ1) is 16.9. The second kappa shape index (κ2) is 9.13. The minimum atomic E-state index is -0.757. The predicted octanol–water partition coefficient (Wildman–Crippen LogP) is 3.54. The molecule has 1 atom stereocenters. The molecular formula is C27H25N3O5. The van der Waals surface area contributed by atoms with Gasteiger partial charge in [0, 0.05) is 44.3 Å². The number of anilines is 1. The van der Waals surface area contributed by atoms with Gasteiger partial charge in [-0.3, -0.25) is 14.6 Å². The summed E-state index contributed by atoms with van der Waals surface area (Å²) >= 11 is 0. The van der Waals surface area contributed by atoms with Crippen molar-refractivity contribution in [1.82, 2.24) is 9.88 Å². The van der Waals surface area contributed by atoms with Crippen molar-refractivity contribution in [3.63, 3.8) is 0 Å². The van der Waals surface area contributed by atoms with E-state index in [2.05, 4.69) is 4.98 Å². The number of carbonyl (C=O) groups excluding carboxylic acids is 2. The van der Waals surface area contributed by atoms with Gasteiger partial charge in [0.25, 0.3) is 11.7 Å². The zero-order valence-corrected chi connectivity index (χ0v) is 19.5. The molecule has 5 rings (SSSR count). The number of rotatable bonds is 5. The van der Waals surface area contributed by atoms with Crippen molar-refractivity contribution in [3.05, 3.63) is 89.3 Å². The molecule has 2 aliphatic heterocycles. The van der Waals surface area contributed by atoms with Crippen molar-refractivity contribution in [2.75, 3.05) is 32.2 Å². The fourth-order valence-electron chi connectivity index (χ4n) is 4.38. The van der Waals surface area contributed by atoms with Crippen molar-refractivity contribution in [2.24, 2.45) is 0 Å². The number of pyridine rings is 1. The van der Waals surface area contributed by atoms with E-state index in [1.54, 1.807) is 42.7 Å². The summed E-state index contributed by atoms with van der Waals surface area (Å²) in [5.41, 5.74) is 2.95. The number of hydrogen-bond donors (Lipinski definition) is 1. The molecule has 0 radical (unpaired) electrons. The highest BCUT2D eigenvalue weighted by molar-refractivity contribution is 6.46. The molecule has 2 aliphatic rings. The molecular weight excluding hydrogens is 446 g/mol. The van der Waals surface area contributed by atoms with Crippen LogP contribution in [0.4, 0.5) is 5.69 Å². The fraction of sp³-hybridized carbons (Fsp3) is 0.222. The van der Waals surface area contributed by atoms with Gasteiger partial charge in [-0.15, -0.1) is 0 Å². The Hall–Kier alpha value is -4.33. The van der Waals surface area contributed by atoms with Gasteiger partial charge >= 0.3 is 0 Å². The molecule has 3 aromatic rings. The largest absolute Gasteiger partial charge is 0.507 e. The number of fused-ring (bicyclic) bond motifs is 1. The number of nitrogens with zero attached hydrogens (tertiary/aromatic N) is 3. The molecule has 1 N–H and O–H groups in total. The van der Waals surface area contributed by atoms with Gasteiger partial charge in [-0.05, 0) is 53.6 Å². The van der Waals surface area contributed by atoms with Crippen LogP contribution in [0, 0.1) is 0 Å². The van der Waals surface area contributed by atoms with Crippen LogP contribution in [0.15, 0.2) is 72.6 Å². The van der Waals surface area contributed by atoms with E-state index in [9.17, 15) is 14.7 Å². The van der Waals surface area contributed by atoms with E-state index in [1.807, 2.05) is 43.3 Å². The number of amides is 1. The molecule has 1 saturated heterocycles. The van der Waals surface area contributed by atoms with Crippen LogP contribution in [-0.4, -0.2) is 54.0 Å². The average Bonchev–Trinajstić information content (AvgIpc) is 3.13. The van der Waals surface area contributed by atoms with E-state index >= 15 is 0 Å². The van der Waals surface area contributed by atoms with Crippen LogP contribution in [0.1, 0.15) is 22.7 Å². The first kappa shape index (κ1) is 22.5. The van der Waals surface area contributed by atoms with Gasteiger partial charge in [0.1, 0.15) is 19.0 Å². The molecule has 1 unspecified atom stereocenters. The summed E-state index contributed by atoms with van der Waals surface area (Å²) in [5.74, 6) is -0.588. The van der Waals surface area contributed by atoms with Gasteiger partial charge < -0.3 is 24.4 Å². The zero-order valence-electron chi connectivity index (χ0n) is 19.5. The lowest BCUT2D eigenvalue weighted by atomic mass is 9.94. The van der Waals surface area contributed by atoms with E-state index in [4.69, 9.17) is 9.47 Å². The number of aromatic nitrogens is 1. The summed E-state index contributed by atoms with van der Waals surface area (Å²) in [6, 6.07) is 15.4. The average molecular weight is 472 g/mol. The Bertz CT molecular complexity index is 1300. The van der Waals surface area contributed by atoms with Crippen LogP contribution in [0.2, 0.25) is 0 Å². The molecule has 0 bridgehead atoms. The number of ketones is 1. The summed E-state index contributed by atoms with van der Waals surface area (Å²) in [6.07, 6.45) is 3.28. The van der Waals surface area contributed by atoms with Crippen LogP contribution in [0.3, 0.4) is 0 Å². The number of aliphatic hydroxyl groups excluding tert-OH is 1. The first-order valence-electron chi connectivity index (χ1n) is 11.3. The highest BCUT2D eigenvalue weighted by Gasteiger charge is 2.46. The highest BCUT2D eigenvalue weighted by Crippen LogP contribution is 2.42. The number of aliphatic hydroxyl groups is 1. The maximum absolute atomic E-state index is 13.3. The van der Waals surface area contributed by atoms with Crippen molar-refractivity contribution < 1.29 is 24.2 Å². The summed E-state index contributed by atoms with van der Waals surface area (Å²) in [4.78, 5) is 34.0. The quantitative estimate of drug-likeness (QED) is 0.346. The third-order valence-electron chi connectivity index (χ3n) is 6.18. The van der Waals surface area contributed by atoms with Gasteiger partial charge in [-0.2, -0.15) is 0 Å². The number of Topliss-reactive ketones (excluding diaryl/α,β-unsaturated/α-hetero) is 1. The molecule has 2 aromatic carbocycles. The molecule has 3 heterocycles. The van der Waals surface area contributed by atoms with E-state index in [-0.39, 0.29) is 17.9 Å². The molecule has 0 aliphatic carbocycles. The summed E-state index contributed by atoms with van der Waals surface area (Å²) in [7, 11) is 3.87. The first-order valence-corrected chi connectivity index (χ1v) is 11.3. The number of benzene rings is 2. The van der Waals surface area contributed by atoms with Crippen molar-refractivity contribution >= 4 is 23.1 Å². The van der Waals surface area contributed by atoms with Crippen LogP contribution in [0.5, 0.6) is 11.5 Å². The Morgan fingerprint density at radius 1 is 1.00 bits per heavy atom. The van der Waals surface area contributed by atoms with E-state index in [0.29, 0.717) is 30.3 Å². The molecule has 8 nitrogen and oxygen atoms in total. The lowest BCUT2D eigenvalue weighted by Gasteiger charge is -2.26. The molecule has 35 heavy (non-hydrogen) atoms. The van der Waals surface area contributed by atoms with Crippen molar-refractivity contribution in [3.8, 4) is 11.5 Å². The van der Waals surface area contributed by atoms with Crippen LogP contribution in [0.25, 0.3) is 5.76 Å². The Morgan fingerprint density at radius 3 is 2.37 bits per heavy atom. The topological polar surface area (TPSA) is 92.2 Å². The van der Waals surface area contributed by atoms with Crippen LogP contribution >= 0.6 is 0 Å². The summed E-state index contributed by atoms with van der Waals surface area (Å²) in [5, 5.41) is 11.3. The molecule has 0 spiro atoms. The molecule has 1 aromatic heterocycles. The minimum absolute atomic E-state index is 0.0401. The van der Waals surface area contributed by atoms with Crippen LogP contribution < -0.4 is 14.4 Å². The lowest BCUT2D eigenvalue weighted by molar-refractivity contribution is -0.140. The Balaban J connectivity index is 1.62. The lowest BCUT2D eigenvalue weighted by Crippen LogP contribution is -2.29. The zero-order chi connectivity index (χ0) is 24.5. The van der Waals surface area contributed by atoms with Gasteiger partial charge in [0.2, 0.25) is 0 Å². The Morgan fingerprint density at radius 2 is 1.69 bits per heavy atom. The molecule has 178 valence electrons. The Kier molecular flexibility index (Phi) is 5.86. The maximum Gasteiger partial charge on any atom is 0.295 e. The van der Waals surface area contributed by atoms with Crippen LogP contribution in [-0.2, 0) is 16.1 Å². The second-order valence-electron chi connectivity index (χ2n) is 8.63. The van der Waals surface area contributed by atoms with Gasteiger partial charge in [0.15, 0.2) is 11.5 Å². The minimum Gasteiger partial charge on any atom is -0.507 e. The standard InChI is InChI=1S/C27H25N3O5/c1-29(2)20-6-3-18(4-7-20)24-23(25(31)19-5-8-21-22(15-19)35-14-13-34-21)26(32)27(33)30(24)16-17-9-11-28-12-10-17/h3-12,15,24,31H,13-14,16H2,1-2H3/b25-23+. The molecule has 1 fully saturated rings. The molecule has 1 amide bonds. The third kappa shape index (κ3) is 4.19. The number of likely N-dealkylation sites (tertiary alicyclic amines) is 1. The number of ether oxygens (including phenoxy) is 2. The van der Waals surface area contributed by atoms with E-state index < -0.39 is 17.7 Å². The van der Waals surface area contributed by atoms with Crippen molar-refractivity contribution in [2.45, 2.75) is 12.6 Å². The molecule has 0 saturated carbocycles. The predicted molar refractivity (Wildman–Crippen MR) is 130 cm³/mol. The summed E-state index contributed by atoms with van der Waals surface area (Å²) < 4.78 is 11.2. The fourth-order valence-corrected chi connectivity index (χ4v) is 4.38. The number of hydrogen-bond acceptors (Lipinski definition) is 7. The smallest absolute Gasteiger partial charge is 0.295 e. The van der Waals surface area contributed by atoms with E-state index in [1.165, 1.54) is 4.90 Å². The second-order valence-corrected chi connectivity index (χ2v) is 8.63. The van der Waals surface area contributed by atoms with Crippen molar-refractivity contribution in [1.29, 1.82) is 0 Å². The van der Waals surface area contributed by atoms with Gasteiger partial charge in [-0.25, -0.2) is 0 Å².